The quantitative estimate of drug-likeness (QED) is 0.321. The van der Waals surface area contributed by atoms with E-state index in [0.717, 1.165) is 22.3 Å². The van der Waals surface area contributed by atoms with E-state index < -0.39 is 0 Å². The molecule has 1 N–H and O–H groups in total. The van der Waals surface area contributed by atoms with Crippen molar-refractivity contribution in [3.63, 3.8) is 0 Å². The van der Waals surface area contributed by atoms with Crippen LogP contribution in [0.1, 0.15) is 30.1 Å². The van der Waals surface area contributed by atoms with Crippen LogP contribution in [0.3, 0.4) is 0 Å². The van der Waals surface area contributed by atoms with E-state index in [1.165, 1.54) is 0 Å². The van der Waals surface area contributed by atoms with Crippen molar-refractivity contribution < 1.29 is 18.8 Å². The summed E-state index contributed by atoms with van der Waals surface area (Å²) in [6.07, 6.45) is 1.80. The molecule has 0 fully saturated rings. The summed E-state index contributed by atoms with van der Waals surface area (Å²) in [6.45, 7) is 4.85. The van der Waals surface area contributed by atoms with Gasteiger partial charge in [0.25, 0.3) is 5.91 Å². The number of carbonyl (C=O) groups excluding carboxylic acids is 1. The van der Waals surface area contributed by atoms with Crippen LogP contribution in [0.15, 0.2) is 77.6 Å². The standard InChI is InChI=1S/C27H25N5O4/c1-3-34-23-14-11-19(15-24(23)35-4-2)27(33)28-16-25-30-26(31-36-25)18-9-12-20(13-10-18)32-17-29-21-7-5-6-8-22(21)32/h5-15,17H,3-4,16H2,1-2H3,(H,28,33). The predicted molar refractivity (Wildman–Crippen MR) is 134 cm³/mol. The molecule has 0 saturated carbocycles. The van der Waals surface area contributed by atoms with Gasteiger partial charge in [-0.05, 0) is 68.4 Å². The van der Waals surface area contributed by atoms with E-state index in [1.54, 1.807) is 24.5 Å². The fourth-order valence-electron chi connectivity index (χ4n) is 3.83. The number of fused-ring (bicyclic) bond motifs is 1. The molecule has 3 aromatic carbocycles. The zero-order chi connectivity index (χ0) is 24.9. The summed E-state index contributed by atoms with van der Waals surface area (Å²) in [5, 5.41) is 6.86. The minimum Gasteiger partial charge on any atom is -0.490 e. The highest BCUT2D eigenvalue weighted by Crippen LogP contribution is 2.28. The number of rotatable bonds is 9. The number of hydrogen-bond acceptors (Lipinski definition) is 7. The third-order valence-corrected chi connectivity index (χ3v) is 5.53. The molecule has 5 rings (SSSR count). The largest absolute Gasteiger partial charge is 0.490 e. The lowest BCUT2D eigenvalue weighted by Gasteiger charge is -2.12. The zero-order valence-corrected chi connectivity index (χ0v) is 20.0. The van der Waals surface area contributed by atoms with Gasteiger partial charge in [0, 0.05) is 16.8 Å². The van der Waals surface area contributed by atoms with Gasteiger partial charge < -0.3 is 19.3 Å². The fraction of sp³-hybridized carbons (Fsp3) is 0.185. The first-order chi connectivity index (χ1) is 17.7. The van der Waals surface area contributed by atoms with Gasteiger partial charge in [0.2, 0.25) is 11.7 Å². The van der Waals surface area contributed by atoms with Crippen molar-refractivity contribution in [1.82, 2.24) is 25.0 Å². The van der Waals surface area contributed by atoms with E-state index in [4.69, 9.17) is 14.0 Å². The molecule has 1 amide bonds. The SMILES string of the molecule is CCOc1ccc(C(=O)NCc2nc(-c3ccc(-n4cnc5ccccc54)cc3)no2)cc1OCC. The first-order valence-corrected chi connectivity index (χ1v) is 11.7. The second kappa shape index (κ2) is 10.3. The highest BCUT2D eigenvalue weighted by molar-refractivity contribution is 5.94. The number of ether oxygens (including phenoxy) is 2. The van der Waals surface area contributed by atoms with E-state index in [-0.39, 0.29) is 12.5 Å². The Morgan fingerprint density at radius 3 is 2.56 bits per heavy atom. The molecule has 36 heavy (non-hydrogen) atoms. The maximum atomic E-state index is 12.7. The Morgan fingerprint density at radius 1 is 0.972 bits per heavy atom. The highest BCUT2D eigenvalue weighted by Gasteiger charge is 2.14. The van der Waals surface area contributed by atoms with E-state index in [1.807, 2.05) is 66.9 Å². The minimum atomic E-state index is -0.282. The number of amides is 1. The van der Waals surface area contributed by atoms with Crippen molar-refractivity contribution in [2.45, 2.75) is 20.4 Å². The molecule has 182 valence electrons. The van der Waals surface area contributed by atoms with Gasteiger partial charge in [-0.3, -0.25) is 9.36 Å². The summed E-state index contributed by atoms with van der Waals surface area (Å²) in [7, 11) is 0. The molecule has 0 bridgehead atoms. The summed E-state index contributed by atoms with van der Waals surface area (Å²) in [5.41, 5.74) is 4.20. The van der Waals surface area contributed by atoms with Crippen LogP contribution in [0.2, 0.25) is 0 Å². The zero-order valence-electron chi connectivity index (χ0n) is 20.0. The molecular weight excluding hydrogens is 458 g/mol. The Labute approximate surface area is 207 Å². The van der Waals surface area contributed by atoms with Crippen molar-refractivity contribution in [3.8, 4) is 28.6 Å². The predicted octanol–water partition coefficient (Wildman–Crippen LogP) is 4.80. The average molecular weight is 484 g/mol. The van der Waals surface area contributed by atoms with Crippen molar-refractivity contribution >= 4 is 16.9 Å². The molecule has 2 heterocycles. The topological polar surface area (TPSA) is 104 Å². The number of imidazole rings is 1. The normalized spacial score (nSPS) is 10.9. The molecule has 9 heteroatoms. The summed E-state index contributed by atoms with van der Waals surface area (Å²) < 4.78 is 18.5. The maximum Gasteiger partial charge on any atom is 0.251 e. The van der Waals surface area contributed by atoms with Crippen LogP contribution in [0.4, 0.5) is 0 Å². The minimum absolute atomic E-state index is 0.0993. The van der Waals surface area contributed by atoms with Crippen molar-refractivity contribution in [3.05, 3.63) is 84.5 Å². The second-order valence-electron chi connectivity index (χ2n) is 7.87. The fourth-order valence-corrected chi connectivity index (χ4v) is 3.83. The highest BCUT2D eigenvalue weighted by atomic mass is 16.5. The Balaban J connectivity index is 1.25. The number of hydrogen-bond donors (Lipinski definition) is 1. The molecule has 5 aromatic rings. The smallest absolute Gasteiger partial charge is 0.251 e. The lowest BCUT2D eigenvalue weighted by Crippen LogP contribution is -2.23. The number of para-hydroxylation sites is 2. The first kappa shape index (κ1) is 23.1. The van der Waals surface area contributed by atoms with Gasteiger partial charge in [0.05, 0.1) is 30.8 Å². The third-order valence-electron chi connectivity index (χ3n) is 5.53. The van der Waals surface area contributed by atoms with Crippen LogP contribution >= 0.6 is 0 Å². The maximum absolute atomic E-state index is 12.7. The lowest BCUT2D eigenvalue weighted by molar-refractivity contribution is 0.0945. The Bertz CT molecular complexity index is 1490. The molecule has 0 aliphatic carbocycles. The van der Waals surface area contributed by atoms with Crippen LogP contribution in [0.25, 0.3) is 28.1 Å². The Hall–Kier alpha value is -4.66. The molecule has 0 unspecified atom stereocenters. The van der Waals surface area contributed by atoms with Crippen LogP contribution in [0.5, 0.6) is 11.5 Å². The first-order valence-electron chi connectivity index (χ1n) is 11.7. The van der Waals surface area contributed by atoms with Gasteiger partial charge in [0.1, 0.15) is 6.33 Å². The third kappa shape index (κ3) is 4.76. The number of nitrogens with zero attached hydrogens (tertiary/aromatic N) is 4. The molecule has 2 aromatic heterocycles. The van der Waals surface area contributed by atoms with Gasteiger partial charge >= 0.3 is 0 Å². The molecule has 9 nitrogen and oxygen atoms in total. The molecule has 0 aliphatic heterocycles. The second-order valence-corrected chi connectivity index (χ2v) is 7.87. The van der Waals surface area contributed by atoms with Crippen LogP contribution in [0, 0.1) is 0 Å². The summed E-state index contributed by atoms with van der Waals surface area (Å²) in [6, 6.07) is 20.8. The van der Waals surface area contributed by atoms with E-state index in [9.17, 15) is 4.79 Å². The van der Waals surface area contributed by atoms with E-state index in [2.05, 4.69) is 20.4 Å². The molecule has 0 atom stereocenters. The molecule has 0 aliphatic rings. The number of benzene rings is 3. The molecular formula is C27H25N5O4. The Morgan fingerprint density at radius 2 is 1.75 bits per heavy atom. The van der Waals surface area contributed by atoms with Gasteiger partial charge in [-0.25, -0.2) is 4.98 Å². The molecule has 0 saturated heterocycles. The number of carbonyl (C=O) groups is 1. The Kier molecular flexibility index (Phi) is 6.61. The number of nitrogens with one attached hydrogen (secondary N) is 1. The number of aromatic nitrogens is 4. The van der Waals surface area contributed by atoms with E-state index in [0.29, 0.717) is 42.0 Å². The van der Waals surface area contributed by atoms with Crippen molar-refractivity contribution in [1.29, 1.82) is 0 Å². The van der Waals surface area contributed by atoms with E-state index >= 15 is 0 Å². The summed E-state index contributed by atoms with van der Waals surface area (Å²) in [4.78, 5) is 21.5. The lowest BCUT2D eigenvalue weighted by atomic mass is 10.2. The summed E-state index contributed by atoms with van der Waals surface area (Å²) >= 11 is 0. The van der Waals surface area contributed by atoms with Crippen LogP contribution in [-0.4, -0.2) is 38.8 Å². The van der Waals surface area contributed by atoms with Gasteiger partial charge in [-0.15, -0.1) is 0 Å². The monoisotopic (exact) mass is 483 g/mol. The van der Waals surface area contributed by atoms with Crippen LogP contribution in [-0.2, 0) is 6.54 Å². The molecule has 0 spiro atoms. The van der Waals surface area contributed by atoms with Crippen LogP contribution < -0.4 is 14.8 Å². The molecule has 0 radical (unpaired) electrons. The van der Waals surface area contributed by atoms with Crippen molar-refractivity contribution in [2.75, 3.05) is 13.2 Å². The van der Waals surface area contributed by atoms with Gasteiger partial charge in [-0.1, -0.05) is 17.3 Å². The van der Waals surface area contributed by atoms with Gasteiger partial charge in [-0.2, -0.15) is 4.98 Å². The van der Waals surface area contributed by atoms with Crippen molar-refractivity contribution in [2.24, 2.45) is 0 Å². The summed E-state index contributed by atoms with van der Waals surface area (Å²) in [5.74, 6) is 1.60. The van der Waals surface area contributed by atoms with Gasteiger partial charge in [0.15, 0.2) is 11.5 Å². The average Bonchev–Trinajstić information content (AvgIpc) is 3.56.